The number of benzene rings is 1. The van der Waals surface area contributed by atoms with Gasteiger partial charge in [-0.3, -0.25) is 4.79 Å². The van der Waals surface area contributed by atoms with Gasteiger partial charge in [0.2, 0.25) is 0 Å². The van der Waals surface area contributed by atoms with Crippen molar-refractivity contribution in [2.24, 2.45) is 0 Å². The van der Waals surface area contributed by atoms with Crippen LogP contribution in [-0.2, 0) is 0 Å². The summed E-state index contributed by atoms with van der Waals surface area (Å²) in [4.78, 5) is 18.6. The van der Waals surface area contributed by atoms with Crippen LogP contribution in [0.25, 0.3) is 0 Å². The fourth-order valence-electron chi connectivity index (χ4n) is 2.42. The predicted octanol–water partition coefficient (Wildman–Crippen LogP) is 1.53. The Morgan fingerprint density at radius 3 is 2.43 bits per heavy atom. The van der Waals surface area contributed by atoms with Gasteiger partial charge in [0, 0.05) is 39.3 Å². The highest BCUT2D eigenvalue weighted by Crippen LogP contribution is 2.18. The second-order valence-electron chi connectivity index (χ2n) is 5.79. The molecule has 0 bridgehead atoms. The van der Waals surface area contributed by atoms with Crippen molar-refractivity contribution in [1.29, 1.82) is 0 Å². The lowest BCUT2D eigenvalue weighted by Crippen LogP contribution is -2.53. The number of carbonyl (C=O) groups excluding carboxylic acids is 1. The summed E-state index contributed by atoms with van der Waals surface area (Å²) in [5.41, 5.74) is 0.564. The zero-order chi connectivity index (χ0) is 16.8. The van der Waals surface area contributed by atoms with Crippen molar-refractivity contribution in [2.45, 2.75) is 0 Å². The molecule has 1 aliphatic rings. The van der Waals surface area contributed by atoms with Crippen molar-refractivity contribution in [2.75, 3.05) is 53.4 Å². The number of amides is 1. The molecule has 0 radical (unpaired) electrons. The van der Waals surface area contributed by atoms with E-state index in [-0.39, 0.29) is 5.91 Å². The van der Waals surface area contributed by atoms with Crippen LogP contribution in [0.3, 0.4) is 0 Å². The third kappa shape index (κ3) is 5.06. The molecule has 0 aliphatic carbocycles. The molecular formula is C16H23ClN4OS. The molecule has 2 rings (SSSR count). The maximum absolute atomic E-state index is 12.5. The summed E-state index contributed by atoms with van der Waals surface area (Å²) in [6.07, 6.45) is 0. The van der Waals surface area contributed by atoms with Gasteiger partial charge in [-0.1, -0.05) is 23.7 Å². The molecule has 126 valence electrons. The average molecular weight is 355 g/mol. The van der Waals surface area contributed by atoms with Crippen molar-refractivity contribution in [3.8, 4) is 0 Å². The zero-order valence-corrected chi connectivity index (χ0v) is 15.2. The predicted molar refractivity (Wildman–Crippen MR) is 98.1 cm³/mol. The molecule has 1 heterocycles. The molecule has 1 fully saturated rings. The van der Waals surface area contributed by atoms with E-state index in [9.17, 15) is 4.79 Å². The van der Waals surface area contributed by atoms with Crippen LogP contribution in [-0.4, -0.2) is 79.1 Å². The van der Waals surface area contributed by atoms with Crippen LogP contribution in [0.1, 0.15) is 10.4 Å². The van der Waals surface area contributed by atoms with Crippen LogP contribution < -0.4 is 5.32 Å². The van der Waals surface area contributed by atoms with Gasteiger partial charge in [0.15, 0.2) is 5.11 Å². The first kappa shape index (κ1) is 18.0. The number of halogens is 1. The number of hydrogen-bond donors (Lipinski definition) is 1. The van der Waals surface area contributed by atoms with E-state index in [1.165, 1.54) is 0 Å². The SMILES string of the molecule is CN(C)CCNC(=S)N1CCN(C(=O)c2ccccc2Cl)CC1. The lowest BCUT2D eigenvalue weighted by molar-refractivity contribution is 0.0691. The Hall–Kier alpha value is -1.37. The largest absolute Gasteiger partial charge is 0.361 e. The number of hydrogen-bond acceptors (Lipinski definition) is 3. The molecular weight excluding hydrogens is 332 g/mol. The number of nitrogens with one attached hydrogen (secondary N) is 1. The molecule has 0 spiro atoms. The van der Waals surface area contributed by atoms with Gasteiger partial charge in [-0.15, -0.1) is 0 Å². The Morgan fingerprint density at radius 2 is 1.83 bits per heavy atom. The van der Waals surface area contributed by atoms with Gasteiger partial charge in [0.05, 0.1) is 10.6 Å². The Kier molecular flexibility index (Phi) is 6.62. The molecule has 1 aromatic rings. The lowest BCUT2D eigenvalue weighted by atomic mass is 10.2. The van der Waals surface area contributed by atoms with E-state index < -0.39 is 0 Å². The summed E-state index contributed by atoms with van der Waals surface area (Å²) >= 11 is 11.5. The van der Waals surface area contributed by atoms with Crippen molar-refractivity contribution >= 4 is 34.8 Å². The molecule has 1 amide bonds. The Balaban J connectivity index is 1.83. The lowest BCUT2D eigenvalue weighted by Gasteiger charge is -2.36. The van der Waals surface area contributed by atoms with E-state index in [0.717, 1.165) is 31.3 Å². The summed E-state index contributed by atoms with van der Waals surface area (Å²) in [5, 5.41) is 4.52. The molecule has 0 saturated carbocycles. The highest BCUT2D eigenvalue weighted by molar-refractivity contribution is 7.80. The maximum atomic E-state index is 12.5. The van der Waals surface area contributed by atoms with E-state index >= 15 is 0 Å². The van der Waals surface area contributed by atoms with Crippen LogP contribution in [0, 0.1) is 0 Å². The highest BCUT2D eigenvalue weighted by atomic mass is 35.5. The number of carbonyl (C=O) groups is 1. The molecule has 5 nitrogen and oxygen atoms in total. The monoisotopic (exact) mass is 354 g/mol. The second-order valence-corrected chi connectivity index (χ2v) is 6.59. The van der Waals surface area contributed by atoms with Crippen LogP contribution in [0.15, 0.2) is 24.3 Å². The molecule has 23 heavy (non-hydrogen) atoms. The average Bonchev–Trinajstić information content (AvgIpc) is 2.54. The number of likely N-dealkylation sites (N-methyl/N-ethyl adjacent to an activating group) is 1. The fraction of sp³-hybridized carbons (Fsp3) is 0.500. The first-order chi connectivity index (χ1) is 11.0. The molecule has 0 aromatic heterocycles. The minimum atomic E-state index is -0.0123. The Morgan fingerprint density at radius 1 is 1.22 bits per heavy atom. The second kappa shape index (κ2) is 8.47. The van der Waals surface area contributed by atoms with Gasteiger partial charge in [0.1, 0.15) is 0 Å². The normalized spacial score (nSPS) is 15.0. The van der Waals surface area contributed by atoms with Crippen LogP contribution in [0.4, 0.5) is 0 Å². The first-order valence-corrected chi connectivity index (χ1v) is 8.49. The molecule has 1 aliphatic heterocycles. The molecule has 1 saturated heterocycles. The summed E-state index contributed by atoms with van der Waals surface area (Å²) in [5.74, 6) is -0.0123. The zero-order valence-electron chi connectivity index (χ0n) is 13.6. The minimum Gasteiger partial charge on any atom is -0.361 e. The van der Waals surface area contributed by atoms with Gasteiger partial charge in [-0.25, -0.2) is 0 Å². The molecule has 0 atom stereocenters. The van der Waals surface area contributed by atoms with Crippen molar-refractivity contribution in [3.63, 3.8) is 0 Å². The fourth-order valence-corrected chi connectivity index (χ4v) is 2.92. The molecule has 0 unspecified atom stereocenters. The van der Waals surface area contributed by atoms with Crippen molar-refractivity contribution in [1.82, 2.24) is 20.0 Å². The molecule has 1 aromatic carbocycles. The molecule has 7 heteroatoms. The van der Waals surface area contributed by atoms with Gasteiger partial charge >= 0.3 is 0 Å². The van der Waals surface area contributed by atoms with Crippen LogP contribution >= 0.6 is 23.8 Å². The smallest absolute Gasteiger partial charge is 0.255 e. The van der Waals surface area contributed by atoms with E-state index in [1.807, 2.05) is 31.1 Å². The summed E-state index contributed by atoms with van der Waals surface area (Å²) in [6.45, 7) is 4.54. The van der Waals surface area contributed by atoms with Gasteiger partial charge < -0.3 is 20.0 Å². The summed E-state index contributed by atoms with van der Waals surface area (Å²) in [7, 11) is 4.06. The van der Waals surface area contributed by atoms with Crippen molar-refractivity contribution < 1.29 is 4.79 Å². The van der Waals surface area contributed by atoms with Gasteiger partial charge in [-0.05, 0) is 38.4 Å². The van der Waals surface area contributed by atoms with Crippen LogP contribution in [0.2, 0.25) is 5.02 Å². The Labute approximate surface area is 148 Å². The van der Waals surface area contributed by atoms with Gasteiger partial charge in [0.25, 0.3) is 5.91 Å². The van der Waals surface area contributed by atoms with E-state index in [0.29, 0.717) is 23.7 Å². The van der Waals surface area contributed by atoms with E-state index in [4.69, 9.17) is 23.8 Å². The summed E-state index contributed by atoms with van der Waals surface area (Å²) < 4.78 is 0. The standard InChI is InChI=1S/C16H23ClN4OS/c1-19(2)8-7-18-16(23)21-11-9-20(10-12-21)15(22)13-5-3-4-6-14(13)17/h3-6H,7-12H2,1-2H3,(H,18,23). The third-order valence-corrected chi connectivity index (χ3v) is 4.53. The van der Waals surface area contributed by atoms with E-state index in [2.05, 4.69) is 15.1 Å². The topological polar surface area (TPSA) is 38.8 Å². The van der Waals surface area contributed by atoms with Gasteiger partial charge in [-0.2, -0.15) is 0 Å². The first-order valence-electron chi connectivity index (χ1n) is 7.70. The third-order valence-electron chi connectivity index (χ3n) is 3.79. The van der Waals surface area contributed by atoms with E-state index in [1.54, 1.807) is 12.1 Å². The number of rotatable bonds is 4. The number of thiocarbonyl (C=S) groups is 1. The van der Waals surface area contributed by atoms with Crippen molar-refractivity contribution in [3.05, 3.63) is 34.9 Å². The summed E-state index contributed by atoms with van der Waals surface area (Å²) in [6, 6.07) is 7.17. The quantitative estimate of drug-likeness (QED) is 0.830. The maximum Gasteiger partial charge on any atom is 0.255 e. The minimum absolute atomic E-state index is 0.0123. The number of nitrogens with zero attached hydrogens (tertiary/aromatic N) is 3. The Bertz CT molecular complexity index is 559. The molecule has 1 N–H and O–H groups in total. The van der Waals surface area contributed by atoms with Crippen LogP contribution in [0.5, 0.6) is 0 Å². The highest BCUT2D eigenvalue weighted by Gasteiger charge is 2.24. The number of piperazine rings is 1.